The molecule has 2 aliphatic carbocycles. The van der Waals surface area contributed by atoms with Gasteiger partial charge < -0.3 is 30.6 Å². The van der Waals surface area contributed by atoms with E-state index >= 15 is 0 Å². The van der Waals surface area contributed by atoms with Crippen LogP contribution in [0.4, 0.5) is 0 Å². The van der Waals surface area contributed by atoms with Gasteiger partial charge in [0.05, 0.1) is 0 Å². The van der Waals surface area contributed by atoms with Crippen molar-refractivity contribution in [2.24, 2.45) is 0 Å². The summed E-state index contributed by atoms with van der Waals surface area (Å²) in [6, 6.07) is 36.0. The van der Waals surface area contributed by atoms with Gasteiger partial charge in [0.25, 0.3) is 0 Å². The van der Waals surface area contributed by atoms with E-state index in [0.29, 0.717) is 9.52 Å². The molecule has 6 rings (SSSR count). The minimum atomic E-state index is -0.745. The van der Waals surface area contributed by atoms with E-state index in [1.54, 1.807) is 41.5 Å². The molecule has 0 heterocycles. The first-order valence-electron chi connectivity index (χ1n) is 19.1. The Kier molecular flexibility index (Phi) is 34.4. The Labute approximate surface area is 391 Å². The number of fused-ring (bicyclic) bond motifs is 6. The van der Waals surface area contributed by atoms with Gasteiger partial charge in [-0.05, 0) is 35.1 Å². The van der Waals surface area contributed by atoms with E-state index in [0.717, 1.165) is 12.8 Å². The van der Waals surface area contributed by atoms with Crippen LogP contribution >= 0.6 is 0 Å². The van der Waals surface area contributed by atoms with Crippen LogP contribution < -0.4 is 0 Å². The van der Waals surface area contributed by atoms with Crippen LogP contribution in [0, 0.1) is 12.1 Å². The van der Waals surface area contributed by atoms with Crippen LogP contribution in [-0.4, -0.2) is 76.0 Å². The van der Waals surface area contributed by atoms with Crippen molar-refractivity contribution in [1.82, 2.24) is 0 Å². The van der Waals surface area contributed by atoms with Crippen LogP contribution in [0.3, 0.4) is 0 Å². The summed E-state index contributed by atoms with van der Waals surface area (Å²) in [4.78, 5) is 56.2. The fraction of sp³-hybridized carbons (Fsp3) is 0.304. The van der Waals surface area contributed by atoms with Gasteiger partial charge in [0.2, 0.25) is 0 Å². The van der Waals surface area contributed by atoms with Crippen LogP contribution in [-0.2, 0) is 85.0 Å². The Morgan fingerprint density at radius 2 is 0.639 bits per heavy atom. The second-order valence-electron chi connectivity index (χ2n) is 12.4. The predicted octanol–water partition coefficient (Wildman–Crippen LogP) is 9.13. The van der Waals surface area contributed by atoms with Crippen LogP contribution in [0.25, 0.3) is 22.3 Å². The molecule has 2 aliphatic rings. The number of carboxylic acids is 6. The number of carbonyl (C=O) groups is 6. The summed E-state index contributed by atoms with van der Waals surface area (Å²) in [6.45, 7) is 9.60. The van der Waals surface area contributed by atoms with Crippen molar-refractivity contribution in [3.05, 3.63) is 130 Å². The number of rotatable bonds is 10. The summed E-state index contributed by atoms with van der Waals surface area (Å²) in [5, 5.41) is 46.3. The van der Waals surface area contributed by atoms with Crippen molar-refractivity contribution in [2.45, 2.75) is 92.9 Å². The van der Waals surface area contributed by atoms with E-state index in [-0.39, 0.29) is 82.0 Å². The van der Waals surface area contributed by atoms with Gasteiger partial charge in [-0.2, -0.15) is 23.3 Å². The topological polar surface area (TPSA) is 224 Å². The average Bonchev–Trinajstić information content (AvgIpc) is 3.82. The van der Waals surface area contributed by atoms with Crippen molar-refractivity contribution in [3.8, 4) is 22.3 Å². The SMILES string of the molecule is CCC(=O)O.CCC(=O)O.CCC(=O)O.CCC(=O)O.CCC(=O)O.CCC(=O)O.[Ti].[Ti].c1ccc2c(c1)Cc1c([CH-][Si][CH-]c3cccc4c3Cc3ccccc3-4)cccc1-2. The summed E-state index contributed by atoms with van der Waals surface area (Å²) in [6.07, 6.45) is 3.44. The molecule has 0 fully saturated rings. The molecule has 4 aromatic rings. The minimum absolute atomic E-state index is 0. The Hall–Kier alpha value is -4.91. The molecule has 12 nitrogen and oxygen atoms in total. The van der Waals surface area contributed by atoms with Crippen LogP contribution in [0.2, 0.25) is 0 Å². The van der Waals surface area contributed by atoms with Crippen molar-refractivity contribution in [2.75, 3.05) is 0 Å². The van der Waals surface area contributed by atoms with Gasteiger partial charge in [-0.15, -0.1) is 23.3 Å². The van der Waals surface area contributed by atoms with Crippen LogP contribution in [0.1, 0.15) is 113 Å². The number of hydrogen-bond donors (Lipinski definition) is 6. The molecule has 0 spiro atoms. The molecule has 6 N–H and O–H groups in total. The second-order valence-corrected chi connectivity index (χ2v) is 13.3. The molecule has 0 amide bonds. The van der Waals surface area contributed by atoms with Crippen LogP contribution in [0.15, 0.2) is 84.9 Å². The fourth-order valence-corrected chi connectivity index (χ4v) is 5.84. The van der Waals surface area contributed by atoms with E-state index < -0.39 is 35.8 Å². The largest absolute Gasteiger partial charge is 0.481 e. The van der Waals surface area contributed by atoms with Gasteiger partial charge in [-0.3, -0.25) is 28.8 Å². The standard InChI is InChI=1S/C28H20Si.6C3H6O2.2Ti/c1-3-11-23-19(7-1)15-27-21(9-5-13-25(23)27)17-29-18-22-10-6-14-26-24-12-4-2-8-20(24)16-28(22)26;6*1-2-3(4)5;;/h1-14,17-18H,15-16H2;6*2H2,1H3,(H,4,5);;/q-2;;;;;;;;. The molecule has 0 saturated heterocycles. The van der Waals surface area contributed by atoms with Crippen molar-refractivity contribution >= 4 is 45.3 Å². The fourth-order valence-electron chi connectivity index (χ4n) is 4.86. The molecule has 0 atom stereocenters. The van der Waals surface area contributed by atoms with Gasteiger partial charge in [0.1, 0.15) is 0 Å². The molecule has 0 aromatic heterocycles. The van der Waals surface area contributed by atoms with E-state index in [2.05, 4.69) is 97.0 Å². The van der Waals surface area contributed by atoms with E-state index in [9.17, 15) is 28.8 Å². The average molecular weight is 925 g/mol. The smallest absolute Gasteiger partial charge is 0.303 e. The summed E-state index contributed by atoms with van der Waals surface area (Å²) < 4.78 is 0. The monoisotopic (exact) mass is 924 g/mol. The Morgan fingerprint density at radius 1 is 0.410 bits per heavy atom. The molecule has 2 radical (unpaired) electrons. The first-order chi connectivity index (χ1) is 28.0. The summed E-state index contributed by atoms with van der Waals surface area (Å²) in [7, 11) is 0.678. The quantitative estimate of drug-likeness (QED) is 0.0559. The molecular formula is C46H56O12SiTi2-2. The number of aliphatic carboxylic acids is 6. The van der Waals surface area contributed by atoms with Gasteiger partial charge in [-0.25, -0.2) is 12.1 Å². The zero-order chi connectivity index (χ0) is 44.9. The molecule has 0 bridgehead atoms. The zero-order valence-electron chi connectivity index (χ0n) is 35.5. The van der Waals surface area contributed by atoms with Gasteiger partial charge >= 0.3 is 35.8 Å². The van der Waals surface area contributed by atoms with E-state index in [1.807, 2.05) is 0 Å². The van der Waals surface area contributed by atoms with Crippen molar-refractivity contribution < 1.29 is 103 Å². The van der Waals surface area contributed by atoms with Crippen molar-refractivity contribution in [3.63, 3.8) is 0 Å². The summed E-state index contributed by atoms with van der Waals surface area (Å²) in [5.41, 5.74) is 14.3. The molecule has 0 unspecified atom stereocenters. The molecule has 15 heteroatoms. The van der Waals surface area contributed by atoms with Gasteiger partial charge in [-0.1, -0.05) is 123 Å². The van der Waals surface area contributed by atoms with Gasteiger partial charge in [0, 0.05) is 82.0 Å². The van der Waals surface area contributed by atoms with Crippen LogP contribution in [0.5, 0.6) is 0 Å². The third-order valence-electron chi connectivity index (χ3n) is 8.07. The number of carboxylic acid groups (broad SMARTS) is 6. The zero-order valence-corrected chi connectivity index (χ0v) is 39.7. The Morgan fingerprint density at radius 3 is 0.885 bits per heavy atom. The Bertz CT molecular complexity index is 1760. The third-order valence-corrected chi connectivity index (χ3v) is 9.02. The first kappa shape index (κ1) is 60.4. The maximum absolute atomic E-state index is 9.37. The normalized spacial score (nSPS) is 9.67. The Balaban J connectivity index is -0.000000865. The van der Waals surface area contributed by atoms with E-state index in [1.165, 1.54) is 55.6 Å². The predicted molar refractivity (Wildman–Crippen MR) is 229 cm³/mol. The molecule has 4 aromatic carbocycles. The number of hydrogen-bond acceptors (Lipinski definition) is 6. The second kappa shape index (κ2) is 34.8. The van der Waals surface area contributed by atoms with Gasteiger partial charge in [0.15, 0.2) is 0 Å². The molecular weight excluding hydrogens is 868 g/mol. The molecule has 0 aliphatic heterocycles. The van der Waals surface area contributed by atoms with E-state index in [4.69, 9.17) is 30.6 Å². The third kappa shape index (κ3) is 24.8. The maximum Gasteiger partial charge on any atom is 0.303 e. The summed E-state index contributed by atoms with van der Waals surface area (Å²) in [5.74, 6) is -4.47. The molecule has 0 saturated carbocycles. The maximum atomic E-state index is 9.37. The summed E-state index contributed by atoms with van der Waals surface area (Å²) >= 11 is 0. The molecule has 326 valence electrons. The van der Waals surface area contributed by atoms with Crippen molar-refractivity contribution in [1.29, 1.82) is 0 Å². The minimum Gasteiger partial charge on any atom is -0.481 e. The first-order valence-corrected chi connectivity index (χ1v) is 20.3. The molecule has 61 heavy (non-hydrogen) atoms. The number of benzene rings is 4.